The molecule has 1 heterocycles. The SMILES string of the molecule is Br.Br.N=C(N)SCC1CN=C(Nc2ccccc2)S1. The number of thioether (sulfide) groups is 2. The van der Waals surface area contributed by atoms with Crippen LogP contribution in [0.25, 0.3) is 0 Å². The lowest BCUT2D eigenvalue weighted by Gasteiger charge is -2.08. The van der Waals surface area contributed by atoms with Gasteiger partial charge >= 0.3 is 0 Å². The number of nitrogens with one attached hydrogen (secondary N) is 2. The predicted octanol–water partition coefficient (Wildman–Crippen LogP) is 3.35. The van der Waals surface area contributed by atoms with Gasteiger partial charge in [-0.05, 0) is 12.1 Å². The van der Waals surface area contributed by atoms with Gasteiger partial charge in [0.05, 0.1) is 6.54 Å². The molecule has 2 rings (SSSR count). The number of nitrogens with two attached hydrogens (primary N) is 1. The Morgan fingerprint density at radius 3 is 2.74 bits per heavy atom. The summed E-state index contributed by atoms with van der Waals surface area (Å²) in [5.74, 6) is 0.837. The van der Waals surface area contributed by atoms with Crippen LogP contribution in [0, 0.1) is 5.41 Å². The number of hydrogen-bond donors (Lipinski definition) is 3. The van der Waals surface area contributed by atoms with E-state index >= 15 is 0 Å². The van der Waals surface area contributed by atoms with E-state index in [9.17, 15) is 0 Å². The van der Waals surface area contributed by atoms with Crippen LogP contribution in [0.3, 0.4) is 0 Å². The molecule has 0 aliphatic carbocycles. The van der Waals surface area contributed by atoms with Crippen LogP contribution in [0.2, 0.25) is 0 Å². The molecule has 0 aromatic heterocycles. The quantitative estimate of drug-likeness (QED) is 0.510. The molecule has 0 bridgehead atoms. The molecule has 1 aliphatic rings. The third kappa shape index (κ3) is 6.69. The predicted molar refractivity (Wildman–Crippen MR) is 98.8 cm³/mol. The van der Waals surface area contributed by atoms with E-state index < -0.39 is 0 Å². The summed E-state index contributed by atoms with van der Waals surface area (Å²) in [5.41, 5.74) is 6.37. The van der Waals surface area contributed by atoms with Gasteiger partial charge in [0.15, 0.2) is 10.3 Å². The fourth-order valence-corrected chi connectivity index (χ4v) is 3.14. The first-order valence-electron chi connectivity index (χ1n) is 5.24. The van der Waals surface area contributed by atoms with Crippen LogP contribution < -0.4 is 11.1 Å². The molecule has 0 saturated heterocycles. The third-order valence-corrected chi connectivity index (χ3v) is 4.36. The van der Waals surface area contributed by atoms with Gasteiger partial charge < -0.3 is 11.1 Å². The number of hydrogen-bond acceptors (Lipinski definition) is 5. The van der Waals surface area contributed by atoms with Crippen molar-refractivity contribution in [2.75, 3.05) is 17.6 Å². The summed E-state index contributed by atoms with van der Waals surface area (Å²) in [5, 5.41) is 12.0. The van der Waals surface area contributed by atoms with E-state index in [1.54, 1.807) is 11.8 Å². The van der Waals surface area contributed by atoms with Crippen LogP contribution in [-0.4, -0.2) is 27.9 Å². The number of nitrogens with zero attached hydrogens (tertiary/aromatic N) is 1. The summed E-state index contributed by atoms with van der Waals surface area (Å²) in [7, 11) is 0. The van der Waals surface area contributed by atoms with Crippen LogP contribution in [0.15, 0.2) is 35.3 Å². The Hall–Kier alpha value is -0.180. The zero-order chi connectivity index (χ0) is 12.1. The van der Waals surface area contributed by atoms with Crippen molar-refractivity contribution in [2.24, 2.45) is 10.7 Å². The Morgan fingerprint density at radius 1 is 1.42 bits per heavy atom. The number of para-hydroxylation sites is 1. The highest BCUT2D eigenvalue weighted by Crippen LogP contribution is 2.25. The van der Waals surface area contributed by atoms with E-state index in [1.807, 2.05) is 30.3 Å². The second kappa shape index (κ2) is 9.68. The molecule has 1 unspecified atom stereocenters. The minimum absolute atomic E-state index is 0. The number of amidine groups is 2. The normalized spacial score (nSPS) is 16.8. The summed E-state index contributed by atoms with van der Waals surface area (Å²) in [6, 6.07) is 10.00. The van der Waals surface area contributed by atoms with Crippen LogP contribution in [0.4, 0.5) is 5.69 Å². The monoisotopic (exact) mass is 426 g/mol. The molecule has 1 aliphatic heterocycles. The molecule has 1 atom stereocenters. The van der Waals surface area contributed by atoms with E-state index in [-0.39, 0.29) is 39.1 Å². The molecule has 1 aromatic rings. The van der Waals surface area contributed by atoms with Gasteiger partial charge in [0.25, 0.3) is 0 Å². The standard InChI is InChI=1S/C11H14N4S2.2BrH/c12-10(13)16-7-9-6-14-11(17-9)15-8-4-2-1-3-5-8;;/h1-5,9H,6-7H2,(H3,12,13)(H,14,15);2*1H. The summed E-state index contributed by atoms with van der Waals surface area (Å²) in [6.45, 7) is 0.792. The lowest BCUT2D eigenvalue weighted by Crippen LogP contribution is -2.13. The van der Waals surface area contributed by atoms with Crippen LogP contribution in [0.5, 0.6) is 0 Å². The minimum Gasteiger partial charge on any atom is -0.379 e. The topological polar surface area (TPSA) is 74.3 Å². The van der Waals surface area contributed by atoms with Crippen LogP contribution in [0.1, 0.15) is 0 Å². The third-order valence-electron chi connectivity index (χ3n) is 2.17. The summed E-state index contributed by atoms with van der Waals surface area (Å²) in [4.78, 5) is 4.43. The molecule has 19 heavy (non-hydrogen) atoms. The van der Waals surface area contributed by atoms with Crippen LogP contribution in [-0.2, 0) is 0 Å². The molecular weight excluding hydrogens is 412 g/mol. The van der Waals surface area contributed by atoms with Crippen molar-refractivity contribution in [1.82, 2.24) is 0 Å². The summed E-state index contributed by atoms with van der Waals surface area (Å²) < 4.78 is 0. The van der Waals surface area contributed by atoms with Gasteiger partial charge in [-0.1, -0.05) is 41.7 Å². The van der Waals surface area contributed by atoms with Gasteiger partial charge in [-0.3, -0.25) is 10.4 Å². The number of aliphatic imine (C=N–C) groups is 1. The van der Waals surface area contributed by atoms with Gasteiger partial charge in [-0.25, -0.2) is 0 Å². The van der Waals surface area contributed by atoms with Gasteiger partial charge in [-0.2, -0.15) is 0 Å². The van der Waals surface area contributed by atoms with Gasteiger partial charge in [0.1, 0.15) is 0 Å². The maximum Gasteiger partial charge on any atom is 0.161 e. The Balaban J connectivity index is 0.00000162. The first-order chi connectivity index (χ1) is 8.24. The Bertz CT molecular complexity index is 428. The highest BCUT2D eigenvalue weighted by molar-refractivity contribution is 8.93. The summed E-state index contributed by atoms with van der Waals surface area (Å²) in [6.07, 6.45) is 0. The first-order valence-corrected chi connectivity index (χ1v) is 7.10. The van der Waals surface area contributed by atoms with Crippen LogP contribution >= 0.6 is 57.5 Å². The Kier molecular flexibility index (Phi) is 9.59. The molecule has 1 aromatic carbocycles. The van der Waals surface area contributed by atoms with Crippen molar-refractivity contribution in [2.45, 2.75) is 5.25 Å². The molecule has 0 fully saturated rings. The molecule has 8 heteroatoms. The minimum atomic E-state index is 0. The molecule has 0 saturated carbocycles. The van der Waals surface area contributed by atoms with Crippen molar-refractivity contribution >= 4 is 73.5 Å². The van der Waals surface area contributed by atoms with Crippen molar-refractivity contribution < 1.29 is 0 Å². The van der Waals surface area contributed by atoms with Gasteiger partial charge in [0.2, 0.25) is 0 Å². The number of rotatable bonds is 3. The smallest absolute Gasteiger partial charge is 0.161 e. The van der Waals surface area contributed by atoms with E-state index in [0.717, 1.165) is 23.2 Å². The molecular formula is C11H16Br2N4S2. The van der Waals surface area contributed by atoms with E-state index in [1.165, 1.54) is 11.8 Å². The van der Waals surface area contributed by atoms with Gasteiger partial charge in [-0.15, -0.1) is 34.0 Å². The molecule has 106 valence electrons. The van der Waals surface area contributed by atoms with E-state index in [4.69, 9.17) is 11.1 Å². The highest BCUT2D eigenvalue weighted by Gasteiger charge is 2.19. The zero-order valence-electron chi connectivity index (χ0n) is 10.0. The lowest BCUT2D eigenvalue weighted by molar-refractivity contribution is 0.988. The zero-order valence-corrected chi connectivity index (χ0v) is 15.1. The van der Waals surface area contributed by atoms with E-state index in [0.29, 0.717) is 5.25 Å². The van der Waals surface area contributed by atoms with E-state index in [2.05, 4.69) is 10.3 Å². The second-order valence-electron chi connectivity index (χ2n) is 3.55. The molecule has 4 N–H and O–H groups in total. The average Bonchev–Trinajstić information content (AvgIpc) is 2.75. The van der Waals surface area contributed by atoms with Crippen molar-refractivity contribution in [3.63, 3.8) is 0 Å². The number of halogens is 2. The fraction of sp³-hybridized carbons (Fsp3) is 0.273. The van der Waals surface area contributed by atoms with Crippen molar-refractivity contribution in [3.8, 4) is 0 Å². The number of anilines is 1. The lowest BCUT2D eigenvalue weighted by atomic mass is 10.3. The molecule has 0 spiro atoms. The Morgan fingerprint density at radius 2 is 2.11 bits per heavy atom. The highest BCUT2D eigenvalue weighted by atomic mass is 79.9. The fourth-order valence-electron chi connectivity index (χ4n) is 1.40. The molecule has 0 radical (unpaired) electrons. The second-order valence-corrected chi connectivity index (χ2v) is 5.90. The van der Waals surface area contributed by atoms with Crippen molar-refractivity contribution in [3.05, 3.63) is 30.3 Å². The first kappa shape index (κ1) is 18.8. The maximum atomic E-state index is 7.17. The largest absolute Gasteiger partial charge is 0.379 e. The van der Waals surface area contributed by atoms with Gasteiger partial charge in [0, 0.05) is 16.7 Å². The molecule has 4 nitrogen and oxygen atoms in total. The average molecular weight is 428 g/mol. The van der Waals surface area contributed by atoms with Crippen molar-refractivity contribution in [1.29, 1.82) is 5.41 Å². The Labute approximate surface area is 142 Å². The summed E-state index contributed by atoms with van der Waals surface area (Å²) >= 11 is 3.09. The number of benzene rings is 1. The maximum absolute atomic E-state index is 7.17. The molecule has 0 amide bonds.